The minimum Gasteiger partial charge on any atom is -0.444 e. The van der Waals surface area contributed by atoms with Crippen molar-refractivity contribution in [1.29, 1.82) is 0 Å². The van der Waals surface area contributed by atoms with E-state index in [0.717, 1.165) is 0 Å². The van der Waals surface area contributed by atoms with Crippen LogP contribution >= 0.6 is 15.9 Å². The summed E-state index contributed by atoms with van der Waals surface area (Å²) in [5.74, 6) is -0.257. The standard InChI is InChI=1S/C19H12BrN3O3/c20-16-10-9-15(26-16)18(24)22-12-6-2-1-5-11(12)17-19(25)23-14-8-4-3-7-13(14)21-17/h1-10H,(H,22,24)(H,23,25). The van der Waals surface area contributed by atoms with E-state index in [-0.39, 0.29) is 17.0 Å². The third-order valence-electron chi connectivity index (χ3n) is 3.83. The molecule has 0 aliphatic heterocycles. The van der Waals surface area contributed by atoms with E-state index in [1.54, 1.807) is 42.5 Å². The zero-order valence-corrected chi connectivity index (χ0v) is 14.9. The molecule has 0 aliphatic carbocycles. The number of hydrogen-bond donors (Lipinski definition) is 2. The zero-order valence-electron chi connectivity index (χ0n) is 13.3. The molecule has 2 N–H and O–H groups in total. The molecule has 0 aliphatic rings. The van der Waals surface area contributed by atoms with Crippen molar-refractivity contribution in [3.8, 4) is 11.3 Å². The number of hydrogen-bond acceptors (Lipinski definition) is 4. The Hall–Kier alpha value is -3.19. The minimum atomic E-state index is -0.416. The van der Waals surface area contributed by atoms with Crippen molar-refractivity contribution in [2.45, 2.75) is 0 Å². The molecule has 0 unspecified atom stereocenters. The molecule has 0 bridgehead atoms. The normalized spacial score (nSPS) is 10.8. The van der Waals surface area contributed by atoms with Crippen molar-refractivity contribution in [2.75, 3.05) is 5.32 Å². The maximum absolute atomic E-state index is 12.5. The summed E-state index contributed by atoms with van der Waals surface area (Å²) in [7, 11) is 0. The molecular weight excluding hydrogens is 398 g/mol. The van der Waals surface area contributed by atoms with Crippen molar-refractivity contribution in [2.24, 2.45) is 0 Å². The molecule has 2 heterocycles. The Bertz CT molecular complexity index is 1180. The Kier molecular flexibility index (Phi) is 4.14. The molecule has 4 aromatic rings. The Balaban J connectivity index is 1.78. The number of H-pyrrole nitrogens is 1. The van der Waals surface area contributed by atoms with E-state index in [9.17, 15) is 9.59 Å². The zero-order chi connectivity index (χ0) is 18.1. The third kappa shape index (κ3) is 3.04. The van der Waals surface area contributed by atoms with Gasteiger partial charge in [0.05, 0.1) is 16.7 Å². The van der Waals surface area contributed by atoms with E-state index in [2.05, 4.69) is 31.2 Å². The largest absolute Gasteiger partial charge is 0.444 e. The second-order valence-electron chi connectivity index (χ2n) is 5.54. The Morgan fingerprint density at radius 3 is 2.62 bits per heavy atom. The van der Waals surface area contributed by atoms with Crippen LogP contribution in [0.1, 0.15) is 10.6 Å². The van der Waals surface area contributed by atoms with Crippen molar-refractivity contribution in [3.05, 3.63) is 81.4 Å². The maximum Gasteiger partial charge on any atom is 0.291 e. The summed E-state index contributed by atoms with van der Waals surface area (Å²) >= 11 is 3.17. The van der Waals surface area contributed by atoms with Crippen LogP contribution < -0.4 is 10.9 Å². The molecule has 2 aromatic heterocycles. The summed E-state index contributed by atoms with van der Waals surface area (Å²) in [6.07, 6.45) is 0. The van der Waals surface area contributed by atoms with Crippen LogP contribution in [0.5, 0.6) is 0 Å². The first-order valence-corrected chi connectivity index (χ1v) is 8.56. The Morgan fingerprint density at radius 1 is 1.04 bits per heavy atom. The van der Waals surface area contributed by atoms with Crippen LogP contribution in [0.2, 0.25) is 0 Å². The van der Waals surface area contributed by atoms with Gasteiger partial charge >= 0.3 is 0 Å². The summed E-state index contributed by atoms with van der Waals surface area (Å²) in [6.45, 7) is 0. The van der Waals surface area contributed by atoms with Crippen molar-refractivity contribution in [3.63, 3.8) is 0 Å². The second kappa shape index (κ2) is 6.61. The predicted molar refractivity (Wildman–Crippen MR) is 102 cm³/mol. The Labute approximate surface area is 156 Å². The first-order chi connectivity index (χ1) is 12.6. The van der Waals surface area contributed by atoms with E-state index >= 15 is 0 Å². The van der Waals surface area contributed by atoms with Gasteiger partial charge < -0.3 is 14.7 Å². The number of aromatic nitrogens is 2. The van der Waals surface area contributed by atoms with Crippen molar-refractivity contribution in [1.82, 2.24) is 9.97 Å². The fraction of sp³-hybridized carbons (Fsp3) is 0. The lowest BCUT2D eigenvalue weighted by Crippen LogP contribution is -2.15. The number of carbonyl (C=O) groups is 1. The molecule has 0 spiro atoms. The lowest BCUT2D eigenvalue weighted by atomic mass is 10.1. The lowest BCUT2D eigenvalue weighted by Gasteiger charge is -2.10. The van der Waals surface area contributed by atoms with Crippen molar-refractivity contribution < 1.29 is 9.21 Å². The van der Waals surface area contributed by atoms with Crippen LogP contribution in [0.3, 0.4) is 0 Å². The SMILES string of the molecule is O=C(Nc1ccccc1-c1nc2ccccc2[nH]c1=O)c1ccc(Br)o1. The summed E-state index contributed by atoms with van der Waals surface area (Å²) in [6, 6.07) is 17.5. The molecule has 1 amide bonds. The fourth-order valence-electron chi connectivity index (χ4n) is 2.63. The average Bonchev–Trinajstić information content (AvgIpc) is 3.08. The van der Waals surface area contributed by atoms with Crippen LogP contribution in [0, 0.1) is 0 Å². The van der Waals surface area contributed by atoms with Crippen LogP contribution in [0.4, 0.5) is 5.69 Å². The van der Waals surface area contributed by atoms with E-state index in [1.165, 1.54) is 0 Å². The minimum absolute atomic E-state index is 0.159. The molecule has 7 heteroatoms. The Morgan fingerprint density at radius 2 is 1.81 bits per heavy atom. The number of aromatic amines is 1. The predicted octanol–water partition coefficient (Wildman–Crippen LogP) is 4.20. The van der Waals surface area contributed by atoms with Gasteiger partial charge in [-0.1, -0.05) is 30.3 Å². The molecular formula is C19H12BrN3O3. The topological polar surface area (TPSA) is 88.0 Å². The number of anilines is 1. The van der Waals surface area contributed by atoms with Gasteiger partial charge in [-0.25, -0.2) is 4.98 Å². The number of rotatable bonds is 3. The third-order valence-corrected chi connectivity index (χ3v) is 4.25. The summed E-state index contributed by atoms with van der Waals surface area (Å²) in [5, 5.41) is 2.77. The van der Waals surface area contributed by atoms with Gasteiger partial charge in [0, 0.05) is 5.56 Å². The van der Waals surface area contributed by atoms with Gasteiger partial charge in [-0.05, 0) is 46.3 Å². The summed E-state index contributed by atoms with van der Waals surface area (Å²) in [5.41, 5.74) is 2.23. The lowest BCUT2D eigenvalue weighted by molar-refractivity contribution is 0.0995. The highest BCUT2D eigenvalue weighted by molar-refractivity contribution is 9.10. The first kappa shape index (κ1) is 16.3. The van der Waals surface area contributed by atoms with Gasteiger partial charge in [0.25, 0.3) is 11.5 Å². The van der Waals surface area contributed by atoms with Crippen molar-refractivity contribution >= 4 is 38.6 Å². The van der Waals surface area contributed by atoms with E-state index in [0.29, 0.717) is 27.0 Å². The second-order valence-corrected chi connectivity index (χ2v) is 6.32. The number of nitrogens with one attached hydrogen (secondary N) is 2. The fourth-order valence-corrected chi connectivity index (χ4v) is 2.94. The molecule has 0 fully saturated rings. The molecule has 0 saturated heterocycles. The number of nitrogens with zero attached hydrogens (tertiary/aromatic N) is 1. The van der Waals surface area contributed by atoms with Crippen LogP contribution in [-0.4, -0.2) is 15.9 Å². The molecule has 0 saturated carbocycles. The highest BCUT2D eigenvalue weighted by Crippen LogP contribution is 2.26. The van der Waals surface area contributed by atoms with E-state index in [4.69, 9.17) is 4.42 Å². The number of benzene rings is 2. The monoisotopic (exact) mass is 409 g/mol. The maximum atomic E-state index is 12.5. The van der Waals surface area contributed by atoms with E-state index in [1.807, 2.05) is 18.2 Å². The summed E-state index contributed by atoms with van der Waals surface area (Å²) in [4.78, 5) is 32.1. The quantitative estimate of drug-likeness (QED) is 0.530. The molecule has 4 rings (SSSR count). The number of amides is 1. The van der Waals surface area contributed by atoms with Gasteiger partial charge in [-0.2, -0.15) is 0 Å². The molecule has 128 valence electrons. The van der Waals surface area contributed by atoms with Gasteiger partial charge in [0.2, 0.25) is 0 Å². The van der Waals surface area contributed by atoms with Gasteiger partial charge in [-0.3, -0.25) is 9.59 Å². The van der Waals surface area contributed by atoms with Gasteiger partial charge in [-0.15, -0.1) is 0 Å². The number of fused-ring (bicyclic) bond motifs is 1. The number of carbonyl (C=O) groups excluding carboxylic acids is 1. The number of halogens is 1. The molecule has 0 atom stereocenters. The van der Waals surface area contributed by atoms with Crippen LogP contribution in [-0.2, 0) is 0 Å². The van der Waals surface area contributed by atoms with Crippen LogP contribution in [0.15, 0.2) is 74.5 Å². The van der Waals surface area contributed by atoms with Gasteiger partial charge in [0.15, 0.2) is 10.4 Å². The highest BCUT2D eigenvalue weighted by atomic mass is 79.9. The first-order valence-electron chi connectivity index (χ1n) is 7.77. The number of furan rings is 1. The molecule has 2 aromatic carbocycles. The molecule has 0 radical (unpaired) electrons. The van der Waals surface area contributed by atoms with Gasteiger partial charge in [0.1, 0.15) is 5.69 Å². The number of para-hydroxylation sites is 3. The average molecular weight is 410 g/mol. The smallest absolute Gasteiger partial charge is 0.291 e. The van der Waals surface area contributed by atoms with E-state index < -0.39 is 5.91 Å². The molecule has 26 heavy (non-hydrogen) atoms. The highest BCUT2D eigenvalue weighted by Gasteiger charge is 2.16. The molecule has 6 nitrogen and oxygen atoms in total. The van der Waals surface area contributed by atoms with Crippen LogP contribution in [0.25, 0.3) is 22.3 Å². The summed E-state index contributed by atoms with van der Waals surface area (Å²) < 4.78 is 5.73.